The predicted molar refractivity (Wildman–Crippen MR) is 131 cm³/mol. The van der Waals surface area contributed by atoms with Crippen molar-refractivity contribution in [2.75, 3.05) is 0 Å². The van der Waals surface area contributed by atoms with Crippen LogP contribution in [0.15, 0.2) is 121 Å². The first-order chi connectivity index (χ1) is 15.8. The molecule has 4 aromatic rings. The topological polar surface area (TPSA) is 0 Å². The third-order valence-electron chi connectivity index (χ3n) is 5.33. The van der Waals surface area contributed by atoms with Crippen LogP contribution >= 0.6 is 0 Å². The number of allylic oxidation sites excluding steroid dienone is 4. The maximum Gasteiger partial charge on any atom is -0.0253 e. The van der Waals surface area contributed by atoms with E-state index in [9.17, 15) is 0 Å². The summed E-state index contributed by atoms with van der Waals surface area (Å²) in [5, 5.41) is 0. The van der Waals surface area contributed by atoms with Crippen LogP contribution in [0.5, 0.6) is 0 Å². The molecule has 0 spiro atoms. The predicted octanol–water partition coefficient (Wildman–Crippen LogP) is 7.17. The van der Waals surface area contributed by atoms with Gasteiger partial charge in [0.1, 0.15) is 0 Å². The van der Waals surface area contributed by atoms with Crippen molar-refractivity contribution in [2.24, 2.45) is 0 Å². The fraction of sp³-hybridized carbons (Fsp3) is 0.0645. The third-order valence-corrected chi connectivity index (χ3v) is 6.23. The second-order valence-corrected chi connectivity index (χ2v) is 8.29. The van der Waals surface area contributed by atoms with Gasteiger partial charge in [-0.05, 0) is 6.42 Å². The van der Waals surface area contributed by atoms with Crippen molar-refractivity contribution in [3.63, 3.8) is 0 Å². The Morgan fingerprint density at radius 3 is 1.91 bits per heavy atom. The van der Waals surface area contributed by atoms with Crippen LogP contribution < -0.4 is 0 Å². The Labute approximate surface area is 202 Å². The molecule has 6 rings (SSSR count). The number of rotatable bonds is 2. The third kappa shape index (κ3) is 5.79. The average Bonchev–Trinajstić information content (AvgIpc) is 3.57. The second kappa shape index (κ2) is 11.5. The minimum absolute atomic E-state index is 1.01. The molecule has 0 fully saturated rings. The summed E-state index contributed by atoms with van der Waals surface area (Å²) >= 11 is 2.16. The minimum atomic E-state index is 1.01. The molecule has 0 bridgehead atoms. The standard InChI is InChI=1S/C13H9.C13H10.C5H5.Ti/c1-3-7-12-10(5-1)9-11-6-2-4-8-13(11)12;1-3-7-12(8-4-1)11-13-9-5-2-6-10-13;1-2-4-5-3-1;/h1-5,7-8H,9H2;1-10H;1-3H,4H2;/q-1;;-1;+2. The van der Waals surface area contributed by atoms with E-state index in [0.29, 0.717) is 0 Å². The molecule has 2 aliphatic rings. The summed E-state index contributed by atoms with van der Waals surface area (Å²) < 4.78 is 1.33. The molecule has 0 radical (unpaired) electrons. The monoisotopic (exact) mass is 444 g/mol. The van der Waals surface area contributed by atoms with Crippen molar-refractivity contribution in [3.8, 4) is 11.1 Å². The van der Waals surface area contributed by atoms with Gasteiger partial charge in [-0.3, -0.25) is 6.08 Å². The van der Waals surface area contributed by atoms with Gasteiger partial charge in [-0.25, -0.2) is 12.2 Å². The molecule has 0 saturated heterocycles. The van der Waals surface area contributed by atoms with E-state index in [1.807, 2.05) is 30.4 Å². The summed E-state index contributed by atoms with van der Waals surface area (Å²) in [6.45, 7) is 0. The molecule has 0 saturated carbocycles. The van der Waals surface area contributed by atoms with E-state index in [-0.39, 0.29) is 0 Å². The van der Waals surface area contributed by atoms with Gasteiger partial charge in [-0.1, -0.05) is 35.4 Å². The Balaban J connectivity index is 0.000000127. The summed E-state index contributed by atoms with van der Waals surface area (Å²) in [6.07, 6.45) is 11.0. The maximum atomic E-state index is 3.30. The second-order valence-electron chi connectivity index (χ2n) is 7.51. The molecule has 0 amide bonds. The van der Waals surface area contributed by atoms with Crippen LogP contribution in [0, 0.1) is 12.1 Å². The summed E-state index contributed by atoms with van der Waals surface area (Å²) in [5.41, 5.74) is 8.09. The SMILES string of the molecule is [C-]1=CC=CC1.[Ti+2]=[C](c1ccccc1)c1ccccc1.[c-]1cccc2c1Cc1ccccc1-2. The van der Waals surface area contributed by atoms with E-state index in [0.717, 1.165) is 12.8 Å². The fourth-order valence-corrected chi connectivity index (χ4v) is 4.23. The van der Waals surface area contributed by atoms with Gasteiger partial charge in [0.2, 0.25) is 0 Å². The molecule has 0 heterocycles. The Morgan fingerprint density at radius 1 is 0.688 bits per heavy atom. The average molecular weight is 444 g/mol. The Hall–Kier alpha value is -3.06. The molecular formula is C31H24Ti. The number of benzene rings is 4. The normalized spacial score (nSPS) is 12.1. The number of hydrogen-bond donors (Lipinski definition) is 0. The first-order valence-electron chi connectivity index (χ1n) is 10.8. The Morgan fingerprint density at radius 2 is 1.31 bits per heavy atom. The van der Waals surface area contributed by atoms with Crippen molar-refractivity contribution in [2.45, 2.75) is 12.8 Å². The molecule has 4 aromatic carbocycles. The molecule has 152 valence electrons. The zero-order chi connectivity index (χ0) is 22.0. The fourth-order valence-electron chi connectivity index (χ4n) is 3.71. The van der Waals surface area contributed by atoms with Gasteiger partial charge in [-0.2, -0.15) is 35.9 Å². The first kappa shape index (κ1) is 22.1. The molecular weight excluding hydrogens is 420 g/mol. The molecule has 0 unspecified atom stereocenters. The summed E-state index contributed by atoms with van der Waals surface area (Å²) in [7, 11) is 0. The first-order valence-corrected chi connectivity index (χ1v) is 11.6. The van der Waals surface area contributed by atoms with Crippen LogP contribution in [0.1, 0.15) is 28.7 Å². The van der Waals surface area contributed by atoms with Crippen LogP contribution in [0.3, 0.4) is 0 Å². The van der Waals surface area contributed by atoms with Gasteiger partial charge in [0.25, 0.3) is 0 Å². The van der Waals surface area contributed by atoms with Crippen LogP contribution in [0.2, 0.25) is 0 Å². The number of hydrogen-bond acceptors (Lipinski definition) is 0. The molecule has 0 nitrogen and oxygen atoms in total. The van der Waals surface area contributed by atoms with Gasteiger partial charge in [-0.15, -0.1) is 12.0 Å². The van der Waals surface area contributed by atoms with E-state index >= 15 is 0 Å². The summed E-state index contributed by atoms with van der Waals surface area (Å²) in [6, 6.07) is 39.0. The van der Waals surface area contributed by atoms with Crippen molar-refractivity contribution in [1.82, 2.24) is 0 Å². The smallest absolute Gasteiger partial charge is 0.0253 e. The van der Waals surface area contributed by atoms with E-state index in [2.05, 4.69) is 123 Å². The zero-order valence-electron chi connectivity index (χ0n) is 18.0. The van der Waals surface area contributed by atoms with Crippen molar-refractivity contribution >= 4 is 3.81 Å². The van der Waals surface area contributed by atoms with Gasteiger partial charge in [0, 0.05) is 0 Å². The van der Waals surface area contributed by atoms with E-state index in [4.69, 9.17) is 0 Å². The Bertz CT molecular complexity index is 1120. The molecule has 0 N–H and O–H groups in total. The van der Waals surface area contributed by atoms with Crippen molar-refractivity contribution in [3.05, 3.63) is 156 Å². The quantitative estimate of drug-likeness (QED) is 0.200. The molecule has 0 aromatic heterocycles. The molecule has 0 aliphatic heterocycles. The van der Waals surface area contributed by atoms with E-state index in [1.165, 1.54) is 37.2 Å². The van der Waals surface area contributed by atoms with Crippen molar-refractivity contribution < 1.29 is 20.0 Å². The molecule has 2 aliphatic carbocycles. The van der Waals surface area contributed by atoms with E-state index < -0.39 is 0 Å². The van der Waals surface area contributed by atoms with Crippen LogP contribution in [-0.4, -0.2) is 3.81 Å². The van der Waals surface area contributed by atoms with Crippen LogP contribution in [0.4, 0.5) is 0 Å². The van der Waals surface area contributed by atoms with E-state index in [1.54, 1.807) is 0 Å². The minimum Gasteiger partial charge on any atom is -0.179 e. The van der Waals surface area contributed by atoms with Crippen LogP contribution in [0.25, 0.3) is 11.1 Å². The van der Waals surface area contributed by atoms with Gasteiger partial charge in [0.05, 0.1) is 0 Å². The largest absolute Gasteiger partial charge is 0.179 e. The van der Waals surface area contributed by atoms with Crippen LogP contribution in [-0.2, 0) is 26.4 Å². The molecule has 1 heteroatoms. The van der Waals surface area contributed by atoms with Gasteiger partial charge in [0.15, 0.2) is 0 Å². The van der Waals surface area contributed by atoms with Gasteiger partial charge < -0.3 is 0 Å². The Kier molecular flexibility index (Phi) is 7.98. The van der Waals surface area contributed by atoms with Gasteiger partial charge >= 0.3 is 95.6 Å². The maximum absolute atomic E-state index is 3.30. The number of fused-ring (bicyclic) bond motifs is 3. The molecule has 0 atom stereocenters. The summed E-state index contributed by atoms with van der Waals surface area (Å²) in [5.74, 6) is 0. The zero-order valence-corrected chi connectivity index (χ0v) is 19.5. The van der Waals surface area contributed by atoms with Crippen molar-refractivity contribution in [1.29, 1.82) is 0 Å². The summed E-state index contributed by atoms with van der Waals surface area (Å²) in [4.78, 5) is 0. The molecule has 32 heavy (non-hydrogen) atoms.